The number of nitrogens with two attached hydrogens (primary N) is 2. The number of hydrogen-bond acceptors (Lipinski definition) is 4. The molecule has 0 aromatic heterocycles. The Balaban J connectivity index is 2.36. The van der Waals surface area contributed by atoms with Crippen molar-refractivity contribution in [2.24, 2.45) is 0 Å². The predicted octanol–water partition coefficient (Wildman–Crippen LogP) is 1.80. The SMILES string of the molecule is CC1(C)OB(c2cc(N)c(N)c(Cl)c2)OC1(C)C. The van der Waals surface area contributed by atoms with Crippen molar-refractivity contribution in [3.05, 3.63) is 17.2 Å². The van der Waals surface area contributed by atoms with E-state index in [0.29, 0.717) is 16.4 Å². The molecule has 4 N–H and O–H groups in total. The molecule has 0 spiro atoms. The lowest BCUT2D eigenvalue weighted by Crippen LogP contribution is -2.41. The van der Waals surface area contributed by atoms with Gasteiger partial charge < -0.3 is 20.8 Å². The van der Waals surface area contributed by atoms with E-state index in [1.807, 2.05) is 27.7 Å². The molecule has 2 rings (SSSR count). The highest BCUT2D eigenvalue weighted by atomic mass is 35.5. The van der Waals surface area contributed by atoms with Gasteiger partial charge in [0.2, 0.25) is 0 Å². The molecule has 1 saturated heterocycles. The first-order valence-electron chi connectivity index (χ1n) is 5.84. The van der Waals surface area contributed by atoms with Crippen molar-refractivity contribution in [1.29, 1.82) is 0 Å². The van der Waals surface area contributed by atoms with E-state index in [0.717, 1.165) is 5.46 Å². The summed E-state index contributed by atoms with van der Waals surface area (Å²) in [5.74, 6) is 0. The van der Waals surface area contributed by atoms with Gasteiger partial charge in [-0.2, -0.15) is 0 Å². The van der Waals surface area contributed by atoms with E-state index in [1.54, 1.807) is 12.1 Å². The molecule has 0 radical (unpaired) electrons. The molecule has 6 heteroatoms. The molecule has 0 bridgehead atoms. The van der Waals surface area contributed by atoms with Gasteiger partial charge in [-0.15, -0.1) is 0 Å². The Morgan fingerprint density at radius 2 is 1.56 bits per heavy atom. The van der Waals surface area contributed by atoms with Crippen LogP contribution in [0.3, 0.4) is 0 Å². The summed E-state index contributed by atoms with van der Waals surface area (Å²) in [6, 6.07) is 3.47. The molecule has 1 aromatic rings. The second kappa shape index (κ2) is 4.05. The van der Waals surface area contributed by atoms with Crippen LogP contribution in [0.5, 0.6) is 0 Å². The van der Waals surface area contributed by atoms with E-state index in [4.69, 9.17) is 32.4 Å². The Morgan fingerprint density at radius 3 is 2.00 bits per heavy atom. The Labute approximate surface area is 113 Å². The molecular formula is C12H18BClN2O2. The lowest BCUT2D eigenvalue weighted by Gasteiger charge is -2.32. The van der Waals surface area contributed by atoms with E-state index in [9.17, 15) is 0 Å². The van der Waals surface area contributed by atoms with Crippen LogP contribution in [-0.2, 0) is 9.31 Å². The van der Waals surface area contributed by atoms with E-state index in [-0.39, 0.29) is 11.2 Å². The van der Waals surface area contributed by atoms with Gasteiger partial charge in [0.1, 0.15) is 0 Å². The predicted molar refractivity (Wildman–Crippen MR) is 76.0 cm³/mol. The summed E-state index contributed by atoms with van der Waals surface area (Å²) in [7, 11) is -0.476. The maximum absolute atomic E-state index is 6.02. The summed E-state index contributed by atoms with van der Waals surface area (Å²) in [5.41, 5.74) is 12.3. The number of halogens is 1. The maximum atomic E-state index is 6.02. The van der Waals surface area contributed by atoms with Crippen LogP contribution in [-0.4, -0.2) is 18.3 Å². The van der Waals surface area contributed by atoms with Gasteiger partial charge in [0.25, 0.3) is 0 Å². The molecule has 0 unspecified atom stereocenters. The molecule has 1 aliphatic heterocycles. The first-order chi connectivity index (χ1) is 8.14. The van der Waals surface area contributed by atoms with Gasteiger partial charge in [0.15, 0.2) is 0 Å². The first kappa shape index (κ1) is 13.5. The maximum Gasteiger partial charge on any atom is 0.494 e. The van der Waals surface area contributed by atoms with Crippen molar-refractivity contribution in [3.63, 3.8) is 0 Å². The molecule has 0 aliphatic carbocycles. The summed E-state index contributed by atoms with van der Waals surface area (Å²) in [6.45, 7) is 7.98. The summed E-state index contributed by atoms with van der Waals surface area (Å²) >= 11 is 6.02. The summed E-state index contributed by atoms with van der Waals surface area (Å²) in [5, 5.41) is 0.416. The van der Waals surface area contributed by atoms with E-state index < -0.39 is 7.12 Å². The molecular weight excluding hydrogens is 250 g/mol. The second-order valence-electron chi connectivity index (χ2n) is 5.59. The van der Waals surface area contributed by atoms with E-state index in [2.05, 4.69) is 0 Å². The normalized spacial score (nSPS) is 21.3. The lowest BCUT2D eigenvalue weighted by atomic mass is 9.79. The average Bonchev–Trinajstić information content (AvgIpc) is 2.44. The second-order valence-corrected chi connectivity index (χ2v) is 6.00. The number of benzene rings is 1. The Kier molecular flexibility index (Phi) is 3.04. The standard InChI is InChI=1S/C12H18BClN2O2/c1-11(2)12(3,4)18-13(17-11)7-5-8(14)10(16)9(15)6-7/h5-6H,15-16H2,1-4H3. The fourth-order valence-electron chi connectivity index (χ4n) is 1.78. The molecule has 0 saturated carbocycles. The zero-order valence-electron chi connectivity index (χ0n) is 11.1. The highest BCUT2D eigenvalue weighted by molar-refractivity contribution is 6.62. The van der Waals surface area contributed by atoms with E-state index >= 15 is 0 Å². The molecule has 1 heterocycles. The van der Waals surface area contributed by atoms with Gasteiger partial charge in [-0.05, 0) is 45.3 Å². The molecule has 0 amide bonds. The van der Waals surface area contributed by atoms with Crippen molar-refractivity contribution in [3.8, 4) is 0 Å². The molecule has 4 nitrogen and oxygen atoms in total. The van der Waals surface area contributed by atoms with Crippen molar-refractivity contribution in [2.45, 2.75) is 38.9 Å². The minimum atomic E-state index is -0.476. The van der Waals surface area contributed by atoms with Crippen LogP contribution in [0.2, 0.25) is 5.02 Å². The smallest absolute Gasteiger partial charge is 0.399 e. The quantitative estimate of drug-likeness (QED) is 0.602. The van der Waals surface area contributed by atoms with Gasteiger partial charge in [-0.25, -0.2) is 0 Å². The van der Waals surface area contributed by atoms with Crippen LogP contribution >= 0.6 is 11.6 Å². The van der Waals surface area contributed by atoms with Gasteiger partial charge in [-0.3, -0.25) is 0 Å². The fourth-order valence-corrected chi connectivity index (χ4v) is 2.01. The molecule has 1 aromatic carbocycles. The number of anilines is 2. The van der Waals surface area contributed by atoms with Crippen molar-refractivity contribution in [2.75, 3.05) is 11.5 Å². The monoisotopic (exact) mass is 268 g/mol. The van der Waals surface area contributed by atoms with Gasteiger partial charge in [0, 0.05) is 0 Å². The molecule has 98 valence electrons. The third-order valence-electron chi connectivity index (χ3n) is 3.71. The highest BCUT2D eigenvalue weighted by Crippen LogP contribution is 2.37. The minimum absolute atomic E-state index is 0.386. The zero-order valence-corrected chi connectivity index (χ0v) is 11.8. The van der Waals surface area contributed by atoms with Gasteiger partial charge in [-0.1, -0.05) is 11.6 Å². The van der Waals surface area contributed by atoms with Crippen LogP contribution in [0.15, 0.2) is 12.1 Å². The minimum Gasteiger partial charge on any atom is -0.399 e. The summed E-state index contributed by atoms with van der Waals surface area (Å²) in [6.07, 6.45) is 0. The van der Waals surface area contributed by atoms with Crippen molar-refractivity contribution in [1.82, 2.24) is 0 Å². The number of rotatable bonds is 1. The molecule has 1 fully saturated rings. The third-order valence-corrected chi connectivity index (χ3v) is 4.02. The Hall–Kier alpha value is -0.905. The van der Waals surface area contributed by atoms with Crippen molar-refractivity contribution < 1.29 is 9.31 Å². The highest BCUT2D eigenvalue weighted by Gasteiger charge is 2.51. The summed E-state index contributed by atoms with van der Waals surface area (Å²) < 4.78 is 11.8. The Bertz CT molecular complexity index is 452. The van der Waals surface area contributed by atoms with Crippen LogP contribution in [0, 0.1) is 0 Å². The average molecular weight is 269 g/mol. The van der Waals surface area contributed by atoms with E-state index in [1.165, 1.54) is 0 Å². The lowest BCUT2D eigenvalue weighted by molar-refractivity contribution is 0.00578. The third kappa shape index (κ3) is 2.07. The Morgan fingerprint density at radius 1 is 1.06 bits per heavy atom. The summed E-state index contributed by atoms with van der Waals surface area (Å²) in [4.78, 5) is 0. The number of hydrogen-bond donors (Lipinski definition) is 2. The zero-order chi connectivity index (χ0) is 13.7. The van der Waals surface area contributed by atoms with Crippen LogP contribution in [0.25, 0.3) is 0 Å². The largest absolute Gasteiger partial charge is 0.494 e. The van der Waals surface area contributed by atoms with Gasteiger partial charge >= 0.3 is 7.12 Å². The topological polar surface area (TPSA) is 70.5 Å². The molecule has 18 heavy (non-hydrogen) atoms. The van der Waals surface area contributed by atoms with Crippen molar-refractivity contribution >= 4 is 35.6 Å². The van der Waals surface area contributed by atoms with Crippen LogP contribution in [0.1, 0.15) is 27.7 Å². The van der Waals surface area contributed by atoms with Crippen LogP contribution < -0.4 is 16.9 Å². The first-order valence-corrected chi connectivity index (χ1v) is 6.22. The van der Waals surface area contributed by atoms with Gasteiger partial charge in [0.05, 0.1) is 27.6 Å². The molecule has 1 aliphatic rings. The fraction of sp³-hybridized carbons (Fsp3) is 0.500. The molecule has 0 atom stereocenters. The number of nitrogen functional groups attached to an aromatic ring is 2. The van der Waals surface area contributed by atoms with Crippen LogP contribution in [0.4, 0.5) is 11.4 Å².